The van der Waals surface area contributed by atoms with E-state index in [-0.39, 0.29) is 37.7 Å². The minimum atomic E-state index is -3.62. The molecule has 1 heterocycles. The molecule has 1 N–H and O–H groups in total. The van der Waals surface area contributed by atoms with Crippen LogP contribution < -0.4 is 19.1 Å². The summed E-state index contributed by atoms with van der Waals surface area (Å²) >= 11 is 6.12. The van der Waals surface area contributed by atoms with Crippen LogP contribution in [0.4, 0.5) is 5.69 Å². The molecular formula is C26H34ClN3O6S. The molecule has 202 valence electrons. The second-order valence-electron chi connectivity index (χ2n) is 8.89. The molecule has 0 aliphatic carbocycles. The summed E-state index contributed by atoms with van der Waals surface area (Å²) in [5.74, 6) is 0.541. The van der Waals surface area contributed by atoms with Gasteiger partial charge in [-0.25, -0.2) is 8.42 Å². The molecule has 1 aliphatic rings. The first-order chi connectivity index (χ1) is 17.6. The Morgan fingerprint density at radius 1 is 1.11 bits per heavy atom. The Kier molecular flexibility index (Phi) is 10.0. The molecule has 0 spiro atoms. The Labute approximate surface area is 223 Å². The molecule has 11 heteroatoms. The van der Waals surface area contributed by atoms with Gasteiger partial charge in [0.15, 0.2) is 11.5 Å². The van der Waals surface area contributed by atoms with Gasteiger partial charge in [-0.3, -0.25) is 13.9 Å². The summed E-state index contributed by atoms with van der Waals surface area (Å²) in [6.07, 6.45) is 2.22. The Bertz CT molecular complexity index is 1210. The zero-order valence-corrected chi connectivity index (χ0v) is 23.0. The van der Waals surface area contributed by atoms with E-state index in [1.54, 1.807) is 43.3 Å². The molecule has 2 aromatic rings. The molecular weight excluding hydrogens is 518 g/mol. The number of benzene rings is 2. The van der Waals surface area contributed by atoms with Crippen molar-refractivity contribution in [3.63, 3.8) is 0 Å². The quantitative estimate of drug-likeness (QED) is 0.432. The van der Waals surface area contributed by atoms with Gasteiger partial charge < -0.3 is 19.7 Å². The Hall–Kier alpha value is -2.98. The summed E-state index contributed by atoms with van der Waals surface area (Å²) < 4.78 is 37.5. The molecule has 0 bridgehead atoms. The second-order valence-corrected chi connectivity index (χ2v) is 11.2. The molecule has 9 nitrogen and oxygen atoms in total. The predicted molar refractivity (Wildman–Crippen MR) is 144 cm³/mol. The minimum absolute atomic E-state index is 0.0581. The van der Waals surface area contributed by atoms with Gasteiger partial charge in [0.2, 0.25) is 21.8 Å². The maximum absolute atomic E-state index is 13.3. The van der Waals surface area contributed by atoms with Crippen molar-refractivity contribution in [1.29, 1.82) is 0 Å². The third-order valence-electron chi connectivity index (χ3n) is 5.92. The lowest BCUT2D eigenvalue weighted by atomic mass is 10.1. The molecule has 0 fully saturated rings. The predicted octanol–water partition coefficient (Wildman–Crippen LogP) is 3.60. The standard InChI is InChI=1S/C26H34ClN3O6S/c1-4-12-28-26(32)19(2)29(18-20-7-5-8-21(27)16-20)25(31)9-6-13-30(37(3,33)34)22-10-11-23-24(17-22)36-15-14-35-23/h5,7-8,10-11,16-17,19H,4,6,9,12-15,18H2,1-3H3,(H,28,32)/t19-/m0/s1. The van der Waals surface area contributed by atoms with Gasteiger partial charge in [-0.2, -0.15) is 0 Å². The number of nitrogens with zero attached hydrogens (tertiary/aromatic N) is 2. The summed E-state index contributed by atoms with van der Waals surface area (Å²) in [6, 6.07) is 11.4. The second kappa shape index (κ2) is 13.0. The van der Waals surface area contributed by atoms with Gasteiger partial charge in [0.1, 0.15) is 19.3 Å². The van der Waals surface area contributed by atoms with Gasteiger partial charge in [0, 0.05) is 37.1 Å². The minimum Gasteiger partial charge on any atom is -0.486 e. The van der Waals surface area contributed by atoms with E-state index in [1.165, 1.54) is 9.21 Å². The number of sulfonamides is 1. The van der Waals surface area contributed by atoms with Crippen LogP contribution in [0.2, 0.25) is 5.02 Å². The van der Waals surface area contributed by atoms with Crippen LogP contribution in [0.3, 0.4) is 0 Å². The number of carbonyl (C=O) groups is 2. The van der Waals surface area contributed by atoms with E-state index < -0.39 is 16.1 Å². The number of fused-ring (bicyclic) bond motifs is 1. The Morgan fingerprint density at radius 2 is 1.84 bits per heavy atom. The van der Waals surface area contributed by atoms with Crippen molar-refractivity contribution in [2.45, 2.75) is 45.7 Å². The Balaban J connectivity index is 1.73. The third kappa shape index (κ3) is 8.00. The summed E-state index contributed by atoms with van der Waals surface area (Å²) in [6.45, 7) is 5.27. The molecule has 0 saturated heterocycles. The van der Waals surface area contributed by atoms with E-state index in [0.717, 1.165) is 18.2 Å². The van der Waals surface area contributed by atoms with E-state index in [9.17, 15) is 18.0 Å². The summed E-state index contributed by atoms with van der Waals surface area (Å²) in [5, 5.41) is 3.37. The van der Waals surface area contributed by atoms with Crippen molar-refractivity contribution in [3.8, 4) is 11.5 Å². The summed E-state index contributed by atoms with van der Waals surface area (Å²) in [4.78, 5) is 27.5. The summed E-state index contributed by atoms with van der Waals surface area (Å²) in [7, 11) is -3.62. The highest BCUT2D eigenvalue weighted by Gasteiger charge is 2.27. The van der Waals surface area contributed by atoms with Crippen molar-refractivity contribution in [3.05, 3.63) is 53.1 Å². The van der Waals surface area contributed by atoms with E-state index in [4.69, 9.17) is 21.1 Å². The molecule has 2 aromatic carbocycles. The van der Waals surface area contributed by atoms with Crippen LogP contribution in [0.15, 0.2) is 42.5 Å². The maximum atomic E-state index is 13.3. The van der Waals surface area contributed by atoms with E-state index >= 15 is 0 Å². The number of hydrogen-bond donors (Lipinski definition) is 1. The molecule has 0 unspecified atom stereocenters. The molecule has 3 rings (SSSR count). The maximum Gasteiger partial charge on any atom is 0.242 e. The molecule has 0 radical (unpaired) electrons. The largest absolute Gasteiger partial charge is 0.486 e. The van der Waals surface area contributed by atoms with Crippen LogP contribution >= 0.6 is 11.6 Å². The lowest BCUT2D eigenvalue weighted by Gasteiger charge is -2.29. The Morgan fingerprint density at radius 3 is 2.51 bits per heavy atom. The van der Waals surface area contributed by atoms with Gasteiger partial charge >= 0.3 is 0 Å². The van der Waals surface area contributed by atoms with Gasteiger partial charge in [0.05, 0.1) is 11.9 Å². The number of amides is 2. The van der Waals surface area contributed by atoms with Crippen LogP contribution in [-0.2, 0) is 26.2 Å². The van der Waals surface area contributed by atoms with Crippen LogP contribution in [0.1, 0.15) is 38.7 Å². The highest BCUT2D eigenvalue weighted by atomic mass is 35.5. The SMILES string of the molecule is CCCNC(=O)[C@H](C)N(Cc1cccc(Cl)c1)C(=O)CCCN(c1ccc2c(c1)OCCO2)S(C)(=O)=O. The number of carbonyl (C=O) groups excluding carboxylic acids is 2. The molecule has 1 atom stereocenters. The first-order valence-corrected chi connectivity index (χ1v) is 14.5. The van der Waals surface area contributed by atoms with E-state index in [2.05, 4.69) is 5.32 Å². The first kappa shape index (κ1) is 28.6. The normalized spacial score (nSPS) is 13.5. The third-order valence-corrected chi connectivity index (χ3v) is 7.35. The van der Waals surface area contributed by atoms with Crippen molar-refractivity contribution in [2.75, 3.05) is 36.9 Å². The monoisotopic (exact) mass is 551 g/mol. The molecule has 2 amide bonds. The average Bonchev–Trinajstić information content (AvgIpc) is 2.86. The number of nitrogens with one attached hydrogen (secondary N) is 1. The average molecular weight is 552 g/mol. The fourth-order valence-electron chi connectivity index (χ4n) is 4.00. The van der Waals surface area contributed by atoms with Crippen molar-refractivity contribution in [2.24, 2.45) is 0 Å². The highest BCUT2D eigenvalue weighted by Crippen LogP contribution is 2.34. The van der Waals surface area contributed by atoms with Gasteiger partial charge in [-0.05, 0) is 49.6 Å². The van der Waals surface area contributed by atoms with Crippen LogP contribution in [0, 0.1) is 0 Å². The van der Waals surface area contributed by atoms with Crippen molar-refractivity contribution in [1.82, 2.24) is 10.2 Å². The fraction of sp³-hybridized carbons (Fsp3) is 0.462. The van der Waals surface area contributed by atoms with Crippen LogP contribution in [0.5, 0.6) is 11.5 Å². The van der Waals surface area contributed by atoms with Gasteiger partial charge in [-0.15, -0.1) is 0 Å². The van der Waals surface area contributed by atoms with Crippen LogP contribution in [0.25, 0.3) is 0 Å². The van der Waals surface area contributed by atoms with Gasteiger partial charge in [-0.1, -0.05) is 30.7 Å². The zero-order valence-electron chi connectivity index (χ0n) is 21.4. The van der Waals surface area contributed by atoms with Crippen LogP contribution in [-0.4, -0.2) is 63.7 Å². The molecule has 0 saturated carbocycles. The lowest BCUT2D eigenvalue weighted by molar-refractivity contribution is -0.140. The zero-order chi connectivity index (χ0) is 27.0. The lowest BCUT2D eigenvalue weighted by Crippen LogP contribution is -2.47. The van der Waals surface area contributed by atoms with Gasteiger partial charge in [0.25, 0.3) is 0 Å². The smallest absolute Gasteiger partial charge is 0.242 e. The first-order valence-electron chi connectivity index (χ1n) is 12.3. The topological polar surface area (TPSA) is 105 Å². The van der Waals surface area contributed by atoms with E-state index in [1.807, 2.05) is 13.0 Å². The van der Waals surface area contributed by atoms with Crippen molar-refractivity contribution >= 4 is 39.1 Å². The highest BCUT2D eigenvalue weighted by molar-refractivity contribution is 7.92. The molecule has 37 heavy (non-hydrogen) atoms. The van der Waals surface area contributed by atoms with Crippen molar-refractivity contribution < 1.29 is 27.5 Å². The number of anilines is 1. The fourth-order valence-corrected chi connectivity index (χ4v) is 5.17. The molecule has 1 aliphatic heterocycles. The number of rotatable bonds is 12. The number of halogens is 1. The van der Waals surface area contributed by atoms with E-state index in [0.29, 0.717) is 42.0 Å². The summed E-state index contributed by atoms with van der Waals surface area (Å²) in [5.41, 5.74) is 1.23. The number of ether oxygens (including phenoxy) is 2. The number of hydrogen-bond acceptors (Lipinski definition) is 6. The molecule has 0 aromatic heterocycles.